The summed E-state index contributed by atoms with van der Waals surface area (Å²) in [6, 6.07) is 3.24. The SMILES string of the molecule is C=CCN1C(=O)C(C)(C)Oc2c(OCC)cc(C=O)cc21. The molecule has 112 valence electrons. The Balaban J connectivity index is 2.65. The Hall–Kier alpha value is -2.30. The summed E-state index contributed by atoms with van der Waals surface area (Å²) in [5.41, 5.74) is -0.0282. The van der Waals surface area contributed by atoms with Gasteiger partial charge in [-0.15, -0.1) is 6.58 Å². The molecule has 0 bridgehead atoms. The van der Waals surface area contributed by atoms with Crippen LogP contribution in [0.25, 0.3) is 0 Å². The number of aldehydes is 1. The Morgan fingerprint density at radius 1 is 1.43 bits per heavy atom. The van der Waals surface area contributed by atoms with E-state index in [4.69, 9.17) is 9.47 Å². The minimum absolute atomic E-state index is 0.180. The second kappa shape index (κ2) is 5.60. The molecule has 5 heteroatoms. The largest absolute Gasteiger partial charge is 0.490 e. The molecule has 0 aromatic heterocycles. The number of rotatable bonds is 5. The van der Waals surface area contributed by atoms with Gasteiger partial charge in [-0.25, -0.2) is 0 Å². The van der Waals surface area contributed by atoms with Crippen molar-refractivity contribution in [2.45, 2.75) is 26.4 Å². The second-order valence-electron chi connectivity index (χ2n) is 5.23. The van der Waals surface area contributed by atoms with Crippen LogP contribution >= 0.6 is 0 Å². The van der Waals surface area contributed by atoms with E-state index in [0.29, 0.717) is 35.9 Å². The molecule has 1 aliphatic rings. The van der Waals surface area contributed by atoms with Gasteiger partial charge in [0.05, 0.1) is 12.3 Å². The van der Waals surface area contributed by atoms with Crippen LogP contribution in [0.15, 0.2) is 24.8 Å². The smallest absolute Gasteiger partial charge is 0.270 e. The molecule has 1 amide bonds. The van der Waals surface area contributed by atoms with Crippen molar-refractivity contribution < 1.29 is 19.1 Å². The molecule has 0 atom stereocenters. The molecule has 0 radical (unpaired) electrons. The standard InChI is InChI=1S/C16H19NO4/c1-5-7-17-12-8-11(10-18)9-13(20-6-2)14(12)21-16(3,4)15(17)19/h5,8-10H,1,6-7H2,2-4H3. The van der Waals surface area contributed by atoms with E-state index in [2.05, 4.69) is 6.58 Å². The highest BCUT2D eigenvalue weighted by Gasteiger charge is 2.42. The van der Waals surface area contributed by atoms with Gasteiger partial charge in [-0.3, -0.25) is 9.59 Å². The first kappa shape index (κ1) is 15.1. The van der Waals surface area contributed by atoms with Crippen LogP contribution in [0, 0.1) is 0 Å². The predicted octanol–water partition coefficient (Wildman–Crippen LogP) is 2.59. The van der Waals surface area contributed by atoms with Gasteiger partial charge in [0.2, 0.25) is 0 Å². The van der Waals surface area contributed by atoms with Crippen molar-refractivity contribution in [3.63, 3.8) is 0 Å². The van der Waals surface area contributed by atoms with Crippen molar-refractivity contribution in [2.75, 3.05) is 18.1 Å². The van der Waals surface area contributed by atoms with E-state index >= 15 is 0 Å². The number of ether oxygens (including phenoxy) is 2. The predicted molar refractivity (Wildman–Crippen MR) is 80.3 cm³/mol. The van der Waals surface area contributed by atoms with Gasteiger partial charge in [0.15, 0.2) is 17.1 Å². The first-order valence-corrected chi connectivity index (χ1v) is 6.82. The average Bonchev–Trinajstić information content (AvgIpc) is 2.44. The average molecular weight is 289 g/mol. The topological polar surface area (TPSA) is 55.8 Å². The quantitative estimate of drug-likeness (QED) is 0.617. The summed E-state index contributed by atoms with van der Waals surface area (Å²) in [6.45, 7) is 9.71. The number of nitrogens with zero attached hydrogens (tertiary/aromatic N) is 1. The molecular formula is C16H19NO4. The number of amides is 1. The molecule has 0 unspecified atom stereocenters. The fourth-order valence-electron chi connectivity index (χ4n) is 2.29. The summed E-state index contributed by atoms with van der Waals surface area (Å²) in [5.74, 6) is 0.765. The van der Waals surface area contributed by atoms with Gasteiger partial charge in [-0.05, 0) is 32.9 Å². The molecule has 0 saturated carbocycles. The molecule has 1 aliphatic heterocycles. The molecule has 1 aromatic carbocycles. The minimum atomic E-state index is -0.995. The Kier molecular flexibility index (Phi) is 4.02. The maximum atomic E-state index is 12.5. The van der Waals surface area contributed by atoms with E-state index in [9.17, 15) is 9.59 Å². The molecule has 21 heavy (non-hydrogen) atoms. The maximum Gasteiger partial charge on any atom is 0.270 e. The Labute approximate surface area is 124 Å². The van der Waals surface area contributed by atoms with Crippen molar-refractivity contribution >= 4 is 17.9 Å². The molecule has 0 aliphatic carbocycles. The number of fused-ring (bicyclic) bond motifs is 1. The van der Waals surface area contributed by atoms with E-state index in [1.807, 2.05) is 6.92 Å². The number of benzene rings is 1. The van der Waals surface area contributed by atoms with E-state index in [1.165, 1.54) is 0 Å². The van der Waals surface area contributed by atoms with Crippen molar-refractivity contribution in [1.82, 2.24) is 0 Å². The highest BCUT2D eigenvalue weighted by molar-refractivity contribution is 6.04. The molecular weight excluding hydrogens is 270 g/mol. The normalized spacial score (nSPS) is 16.0. The van der Waals surface area contributed by atoms with Gasteiger partial charge in [-0.1, -0.05) is 6.08 Å². The van der Waals surface area contributed by atoms with Crippen molar-refractivity contribution in [2.24, 2.45) is 0 Å². The first-order chi connectivity index (χ1) is 9.94. The third-order valence-electron chi connectivity index (χ3n) is 3.21. The van der Waals surface area contributed by atoms with Gasteiger partial charge in [0.25, 0.3) is 5.91 Å². The van der Waals surface area contributed by atoms with Crippen LogP contribution in [0.3, 0.4) is 0 Å². The Morgan fingerprint density at radius 3 is 2.71 bits per heavy atom. The third-order valence-corrected chi connectivity index (χ3v) is 3.21. The van der Waals surface area contributed by atoms with Crippen LogP contribution in [0.1, 0.15) is 31.1 Å². The van der Waals surface area contributed by atoms with Gasteiger partial charge >= 0.3 is 0 Å². The van der Waals surface area contributed by atoms with Gasteiger partial charge in [0, 0.05) is 12.1 Å². The monoisotopic (exact) mass is 289 g/mol. The summed E-state index contributed by atoms with van der Waals surface area (Å²) in [5, 5.41) is 0. The van der Waals surface area contributed by atoms with Crippen LogP contribution in [0.5, 0.6) is 11.5 Å². The first-order valence-electron chi connectivity index (χ1n) is 6.82. The summed E-state index contributed by atoms with van der Waals surface area (Å²) in [6.07, 6.45) is 2.36. The molecule has 0 spiro atoms. The summed E-state index contributed by atoms with van der Waals surface area (Å²) in [7, 11) is 0. The maximum absolute atomic E-state index is 12.5. The summed E-state index contributed by atoms with van der Waals surface area (Å²) in [4.78, 5) is 25.2. The number of carbonyl (C=O) groups is 2. The van der Waals surface area contributed by atoms with E-state index in [-0.39, 0.29) is 5.91 Å². The molecule has 2 rings (SSSR count). The zero-order chi connectivity index (χ0) is 15.6. The Morgan fingerprint density at radius 2 is 2.14 bits per heavy atom. The van der Waals surface area contributed by atoms with Crippen LogP contribution in [0.2, 0.25) is 0 Å². The van der Waals surface area contributed by atoms with Gasteiger partial charge in [-0.2, -0.15) is 0 Å². The Bertz CT molecular complexity index is 592. The highest BCUT2D eigenvalue weighted by atomic mass is 16.5. The lowest BCUT2D eigenvalue weighted by atomic mass is 10.0. The van der Waals surface area contributed by atoms with E-state index in [0.717, 1.165) is 6.29 Å². The summed E-state index contributed by atoms with van der Waals surface area (Å²) < 4.78 is 11.4. The second-order valence-corrected chi connectivity index (χ2v) is 5.23. The minimum Gasteiger partial charge on any atom is -0.490 e. The molecule has 0 saturated heterocycles. The van der Waals surface area contributed by atoms with Crippen LogP contribution in [-0.4, -0.2) is 30.9 Å². The van der Waals surface area contributed by atoms with E-state index in [1.54, 1.807) is 37.0 Å². The zero-order valence-electron chi connectivity index (χ0n) is 12.5. The molecule has 0 fully saturated rings. The molecule has 0 N–H and O–H groups in total. The summed E-state index contributed by atoms with van der Waals surface area (Å²) >= 11 is 0. The molecule has 1 heterocycles. The van der Waals surface area contributed by atoms with Crippen molar-refractivity contribution in [1.29, 1.82) is 0 Å². The zero-order valence-corrected chi connectivity index (χ0v) is 12.5. The van der Waals surface area contributed by atoms with E-state index < -0.39 is 5.60 Å². The van der Waals surface area contributed by atoms with Gasteiger partial charge < -0.3 is 14.4 Å². The lowest BCUT2D eigenvalue weighted by Gasteiger charge is -2.39. The van der Waals surface area contributed by atoms with Crippen molar-refractivity contribution in [3.05, 3.63) is 30.4 Å². The molecule has 1 aromatic rings. The van der Waals surface area contributed by atoms with Gasteiger partial charge in [0.1, 0.15) is 6.29 Å². The number of carbonyl (C=O) groups excluding carboxylic acids is 2. The van der Waals surface area contributed by atoms with Crippen molar-refractivity contribution in [3.8, 4) is 11.5 Å². The van der Waals surface area contributed by atoms with Crippen LogP contribution in [-0.2, 0) is 4.79 Å². The highest BCUT2D eigenvalue weighted by Crippen LogP contribution is 2.45. The lowest BCUT2D eigenvalue weighted by Crippen LogP contribution is -2.52. The number of hydrogen-bond donors (Lipinski definition) is 0. The van der Waals surface area contributed by atoms with Crippen LogP contribution in [0.4, 0.5) is 5.69 Å². The number of hydrogen-bond acceptors (Lipinski definition) is 4. The molecule has 5 nitrogen and oxygen atoms in total. The lowest BCUT2D eigenvalue weighted by molar-refractivity contribution is -0.132. The third kappa shape index (κ3) is 2.63. The fourth-order valence-corrected chi connectivity index (χ4v) is 2.29. The fraction of sp³-hybridized carbons (Fsp3) is 0.375. The number of anilines is 1. The van der Waals surface area contributed by atoms with Crippen LogP contribution < -0.4 is 14.4 Å².